The van der Waals surface area contributed by atoms with Crippen molar-refractivity contribution in [3.8, 4) is 18.1 Å². The van der Waals surface area contributed by atoms with E-state index in [1.165, 1.54) is 13.2 Å². The number of methoxy groups -OCH3 is 1. The number of hydrogen-bond acceptors (Lipinski definition) is 1. The molecule has 1 aromatic rings. The quantitative estimate of drug-likeness (QED) is 0.748. The van der Waals surface area contributed by atoms with E-state index in [4.69, 9.17) is 11.2 Å². The van der Waals surface area contributed by atoms with Crippen molar-refractivity contribution in [2.75, 3.05) is 7.11 Å². The van der Waals surface area contributed by atoms with Crippen molar-refractivity contribution in [3.63, 3.8) is 0 Å². The highest BCUT2D eigenvalue weighted by Crippen LogP contribution is 2.35. The van der Waals surface area contributed by atoms with Crippen LogP contribution < -0.4 is 4.74 Å². The maximum atomic E-state index is 13.8. The van der Waals surface area contributed by atoms with Crippen molar-refractivity contribution in [1.82, 2.24) is 0 Å². The highest BCUT2D eigenvalue weighted by molar-refractivity contribution is 9.10. The van der Waals surface area contributed by atoms with Gasteiger partial charge in [0, 0.05) is 10.0 Å². The first-order valence-corrected chi connectivity index (χ1v) is 5.23. The fourth-order valence-corrected chi connectivity index (χ4v) is 1.80. The fraction of sp³-hybridized carbons (Fsp3) is 0.333. The van der Waals surface area contributed by atoms with Crippen LogP contribution >= 0.6 is 15.9 Å². The minimum atomic E-state index is -0.684. The molecule has 0 saturated carbocycles. The second kappa shape index (κ2) is 4.24. The van der Waals surface area contributed by atoms with Gasteiger partial charge in [0.15, 0.2) is 0 Å². The molecular weight excluding hydrogens is 259 g/mol. The summed E-state index contributed by atoms with van der Waals surface area (Å²) < 4.78 is 19.5. The largest absolute Gasteiger partial charge is 0.496 e. The summed E-state index contributed by atoms with van der Waals surface area (Å²) in [5.41, 5.74) is -0.272. The highest BCUT2D eigenvalue weighted by atomic mass is 79.9. The Hall–Kier alpha value is -1.01. The van der Waals surface area contributed by atoms with Crippen molar-refractivity contribution >= 4 is 15.9 Å². The van der Waals surface area contributed by atoms with Crippen molar-refractivity contribution in [1.29, 1.82) is 0 Å². The van der Waals surface area contributed by atoms with Crippen molar-refractivity contribution in [2.24, 2.45) is 0 Å². The van der Waals surface area contributed by atoms with E-state index in [0.29, 0.717) is 15.8 Å². The summed E-state index contributed by atoms with van der Waals surface area (Å²) >= 11 is 3.20. The van der Waals surface area contributed by atoms with Gasteiger partial charge in [-0.1, -0.05) is 21.9 Å². The number of halogens is 2. The average molecular weight is 271 g/mol. The third kappa shape index (κ3) is 2.32. The predicted molar refractivity (Wildman–Crippen MR) is 62.5 cm³/mol. The van der Waals surface area contributed by atoms with Crippen LogP contribution in [0.25, 0.3) is 0 Å². The maximum Gasteiger partial charge on any atom is 0.132 e. The van der Waals surface area contributed by atoms with Crippen LogP contribution in [0.15, 0.2) is 16.6 Å². The monoisotopic (exact) mass is 270 g/mol. The summed E-state index contributed by atoms with van der Waals surface area (Å²) in [5.74, 6) is 2.66. The Labute approximate surface area is 97.8 Å². The van der Waals surface area contributed by atoms with Gasteiger partial charge in [0.1, 0.15) is 11.6 Å². The second-order valence-corrected chi connectivity index (χ2v) is 4.65. The van der Waals surface area contributed by atoms with Gasteiger partial charge in [-0.05, 0) is 26.0 Å². The molecule has 0 fully saturated rings. The molecule has 80 valence electrons. The number of ether oxygens (including phenoxy) is 1. The number of benzene rings is 1. The Morgan fingerprint density at radius 1 is 1.47 bits per heavy atom. The average Bonchev–Trinajstić information content (AvgIpc) is 2.15. The van der Waals surface area contributed by atoms with Gasteiger partial charge >= 0.3 is 0 Å². The minimum absolute atomic E-state index is 0.357. The van der Waals surface area contributed by atoms with Crippen molar-refractivity contribution < 1.29 is 9.13 Å². The summed E-state index contributed by atoms with van der Waals surface area (Å²) in [6.07, 6.45) is 5.38. The molecule has 0 aliphatic carbocycles. The van der Waals surface area contributed by atoms with Gasteiger partial charge < -0.3 is 4.74 Å². The van der Waals surface area contributed by atoms with E-state index < -0.39 is 5.41 Å². The van der Waals surface area contributed by atoms with Crippen molar-refractivity contribution in [3.05, 3.63) is 28.0 Å². The molecule has 15 heavy (non-hydrogen) atoms. The molecular formula is C12H12BrFO. The van der Waals surface area contributed by atoms with E-state index >= 15 is 0 Å². The van der Waals surface area contributed by atoms with E-state index in [9.17, 15) is 4.39 Å². The van der Waals surface area contributed by atoms with E-state index in [2.05, 4.69) is 21.9 Å². The van der Waals surface area contributed by atoms with Crippen LogP contribution in [0.4, 0.5) is 4.39 Å². The lowest BCUT2D eigenvalue weighted by atomic mass is 9.84. The third-order valence-electron chi connectivity index (χ3n) is 2.22. The first-order chi connectivity index (χ1) is 6.92. The lowest BCUT2D eigenvalue weighted by molar-refractivity contribution is 0.395. The van der Waals surface area contributed by atoms with Gasteiger partial charge in [0.05, 0.1) is 12.5 Å². The number of rotatable bonds is 2. The number of terminal acetylenes is 1. The standard InChI is InChI=1S/C12H12BrFO/c1-5-12(2,3)11-9(14)6-8(13)7-10(11)15-4/h1,6-7H,2-4H3. The van der Waals surface area contributed by atoms with Crippen LogP contribution in [0.2, 0.25) is 0 Å². The van der Waals surface area contributed by atoms with Crippen LogP contribution in [0, 0.1) is 18.2 Å². The lowest BCUT2D eigenvalue weighted by Gasteiger charge is -2.21. The van der Waals surface area contributed by atoms with E-state index in [-0.39, 0.29) is 5.82 Å². The molecule has 0 saturated heterocycles. The molecule has 0 unspecified atom stereocenters. The summed E-state index contributed by atoms with van der Waals surface area (Å²) in [5, 5.41) is 0. The van der Waals surface area contributed by atoms with Crippen LogP contribution in [0.1, 0.15) is 19.4 Å². The topological polar surface area (TPSA) is 9.23 Å². The molecule has 0 aliphatic heterocycles. The molecule has 1 aromatic carbocycles. The Morgan fingerprint density at radius 3 is 2.53 bits per heavy atom. The SMILES string of the molecule is C#CC(C)(C)c1c(F)cc(Br)cc1OC. The molecule has 0 aliphatic rings. The van der Waals surface area contributed by atoms with Crippen molar-refractivity contribution in [2.45, 2.75) is 19.3 Å². The Balaban J connectivity index is 3.48. The Morgan fingerprint density at radius 2 is 2.07 bits per heavy atom. The third-order valence-corrected chi connectivity index (χ3v) is 2.68. The molecule has 0 spiro atoms. The molecule has 0 amide bonds. The van der Waals surface area contributed by atoms with Crippen LogP contribution in [-0.2, 0) is 5.41 Å². The molecule has 0 heterocycles. The van der Waals surface area contributed by atoms with Gasteiger partial charge in [-0.3, -0.25) is 0 Å². The smallest absolute Gasteiger partial charge is 0.132 e. The second-order valence-electron chi connectivity index (χ2n) is 3.73. The Bertz CT molecular complexity index is 418. The van der Waals surface area contributed by atoms with E-state index in [1.807, 2.05) is 0 Å². The van der Waals surface area contributed by atoms with E-state index in [0.717, 1.165) is 0 Å². The summed E-state index contributed by atoms with van der Waals surface area (Å²) in [6.45, 7) is 3.56. The fourth-order valence-electron chi connectivity index (χ4n) is 1.39. The summed E-state index contributed by atoms with van der Waals surface area (Å²) in [4.78, 5) is 0. The van der Waals surface area contributed by atoms with Crippen LogP contribution in [0.5, 0.6) is 5.75 Å². The van der Waals surface area contributed by atoms with Gasteiger partial charge in [-0.25, -0.2) is 4.39 Å². The number of hydrogen-bond donors (Lipinski definition) is 0. The molecule has 0 N–H and O–H groups in total. The van der Waals surface area contributed by atoms with Gasteiger partial charge in [0.2, 0.25) is 0 Å². The lowest BCUT2D eigenvalue weighted by Crippen LogP contribution is -2.17. The maximum absolute atomic E-state index is 13.8. The zero-order valence-corrected chi connectivity index (χ0v) is 10.5. The van der Waals surface area contributed by atoms with Crippen LogP contribution in [-0.4, -0.2) is 7.11 Å². The van der Waals surface area contributed by atoms with Gasteiger partial charge in [-0.15, -0.1) is 6.42 Å². The zero-order valence-electron chi connectivity index (χ0n) is 8.90. The minimum Gasteiger partial charge on any atom is -0.496 e. The summed E-state index contributed by atoms with van der Waals surface area (Å²) in [6, 6.07) is 3.09. The normalized spacial score (nSPS) is 10.9. The molecule has 0 bridgehead atoms. The predicted octanol–water partition coefficient (Wildman–Crippen LogP) is 3.51. The van der Waals surface area contributed by atoms with E-state index in [1.54, 1.807) is 19.9 Å². The molecule has 0 atom stereocenters. The first-order valence-electron chi connectivity index (χ1n) is 4.43. The Kier molecular flexibility index (Phi) is 3.41. The first kappa shape index (κ1) is 12.1. The van der Waals surface area contributed by atoms with Crippen LogP contribution in [0.3, 0.4) is 0 Å². The van der Waals surface area contributed by atoms with Gasteiger partial charge in [0.25, 0.3) is 0 Å². The zero-order chi connectivity index (χ0) is 11.6. The molecule has 0 radical (unpaired) electrons. The molecule has 0 aromatic heterocycles. The molecule has 1 nitrogen and oxygen atoms in total. The highest BCUT2D eigenvalue weighted by Gasteiger charge is 2.26. The van der Waals surface area contributed by atoms with Gasteiger partial charge in [-0.2, -0.15) is 0 Å². The summed E-state index contributed by atoms with van der Waals surface area (Å²) in [7, 11) is 1.50. The molecule has 1 rings (SSSR count). The molecule has 3 heteroatoms.